The van der Waals surface area contributed by atoms with E-state index < -0.39 is 0 Å². The Hall–Kier alpha value is -2.24. The Bertz CT molecular complexity index is 828. The van der Waals surface area contributed by atoms with Gasteiger partial charge >= 0.3 is 0 Å². The zero-order chi connectivity index (χ0) is 17.1. The van der Waals surface area contributed by atoms with E-state index >= 15 is 0 Å². The van der Waals surface area contributed by atoms with Gasteiger partial charge in [-0.25, -0.2) is 14.4 Å². The molecule has 3 aromatic rings. The molecule has 0 aliphatic carbocycles. The van der Waals surface area contributed by atoms with Crippen LogP contribution in [-0.4, -0.2) is 35.5 Å². The molecule has 1 atom stereocenters. The number of hydrogen-bond acceptors (Lipinski definition) is 4. The average molecular weight is 345 g/mol. The molecule has 0 spiro atoms. The molecule has 1 aromatic heterocycles. The summed E-state index contributed by atoms with van der Waals surface area (Å²) in [7, 11) is 3.79. The summed E-state index contributed by atoms with van der Waals surface area (Å²) in [5.74, 6) is 0.412. The third-order valence-electron chi connectivity index (χ3n) is 3.96. The lowest BCUT2D eigenvalue weighted by molar-refractivity contribution is 0.304. The summed E-state index contributed by atoms with van der Waals surface area (Å²) in [4.78, 5) is 10.5. The van der Waals surface area contributed by atoms with Gasteiger partial charge in [-0.2, -0.15) is 0 Å². The van der Waals surface area contributed by atoms with Crippen LogP contribution >= 0.6 is 11.6 Å². The molecule has 0 aliphatic rings. The van der Waals surface area contributed by atoms with Gasteiger partial charge in [0, 0.05) is 22.5 Å². The Morgan fingerprint density at radius 3 is 2.67 bits per heavy atom. The molecule has 0 saturated carbocycles. The van der Waals surface area contributed by atoms with Gasteiger partial charge in [0.1, 0.15) is 18.0 Å². The Balaban J connectivity index is 1.90. The van der Waals surface area contributed by atoms with Crippen molar-refractivity contribution in [2.24, 2.45) is 0 Å². The van der Waals surface area contributed by atoms with Gasteiger partial charge in [0.25, 0.3) is 0 Å². The highest BCUT2D eigenvalue weighted by Gasteiger charge is 2.21. The molecule has 4 nitrogen and oxygen atoms in total. The molecule has 1 heterocycles. The first-order valence-electron chi connectivity index (χ1n) is 7.62. The second kappa shape index (κ2) is 7.11. The number of likely N-dealkylation sites (N-methyl/N-ethyl adjacent to an activating group) is 1. The maximum absolute atomic E-state index is 14.3. The van der Waals surface area contributed by atoms with E-state index in [9.17, 15) is 4.39 Å². The fourth-order valence-corrected chi connectivity index (χ4v) is 3.00. The molecule has 0 saturated heterocycles. The first kappa shape index (κ1) is 16.6. The van der Waals surface area contributed by atoms with Crippen molar-refractivity contribution >= 4 is 28.3 Å². The van der Waals surface area contributed by atoms with Gasteiger partial charge in [0.05, 0.1) is 11.6 Å². The molecule has 0 fully saturated rings. The second-order valence-corrected chi connectivity index (χ2v) is 6.14. The molecule has 3 rings (SSSR count). The molecule has 6 heteroatoms. The van der Waals surface area contributed by atoms with E-state index in [1.165, 1.54) is 12.4 Å². The lowest BCUT2D eigenvalue weighted by atomic mass is 10.0. The summed E-state index contributed by atoms with van der Waals surface area (Å²) in [6.07, 6.45) is 1.52. The van der Waals surface area contributed by atoms with E-state index in [4.69, 9.17) is 11.6 Å². The van der Waals surface area contributed by atoms with Gasteiger partial charge < -0.3 is 10.2 Å². The Kier molecular flexibility index (Phi) is 4.92. The van der Waals surface area contributed by atoms with E-state index in [1.54, 1.807) is 12.1 Å². The third-order valence-corrected chi connectivity index (χ3v) is 4.29. The quantitative estimate of drug-likeness (QED) is 0.755. The van der Waals surface area contributed by atoms with Crippen molar-refractivity contribution < 1.29 is 4.39 Å². The molecular weight excluding hydrogens is 327 g/mol. The van der Waals surface area contributed by atoms with Crippen LogP contribution in [0.3, 0.4) is 0 Å². The lowest BCUT2D eigenvalue weighted by Gasteiger charge is -2.26. The van der Waals surface area contributed by atoms with Gasteiger partial charge in [0.15, 0.2) is 0 Å². The Morgan fingerprint density at radius 2 is 1.92 bits per heavy atom. The monoisotopic (exact) mass is 344 g/mol. The molecule has 124 valence electrons. The summed E-state index contributed by atoms with van der Waals surface area (Å²) in [6, 6.07) is 12.3. The number of hydrogen-bond donors (Lipinski definition) is 1. The smallest absolute Gasteiger partial charge is 0.137 e. The van der Waals surface area contributed by atoms with Gasteiger partial charge in [-0.3, -0.25) is 0 Å². The van der Waals surface area contributed by atoms with E-state index in [-0.39, 0.29) is 11.9 Å². The largest absolute Gasteiger partial charge is 0.368 e. The fraction of sp³-hybridized carbons (Fsp3) is 0.222. The molecule has 1 N–H and O–H groups in total. The van der Waals surface area contributed by atoms with E-state index in [0.29, 0.717) is 17.1 Å². The number of fused-ring (bicyclic) bond motifs is 1. The zero-order valence-corrected chi connectivity index (χ0v) is 14.3. The predicted molar refractivity (Wildman–Crippen MR) is 95.9 cm³/mol. The molecule has 2 aromatic carbocycles. The number of aromatic nitrogens is 2. The number of nitrogens with zero attached hydrogens (tertiary/aromatic N) is 3. The van der Waals surface area contributed by atoms with Crippen LogP contribution in [0, 0.1) is 5.82 Å². The van der Waals surface area contributed by atoms with Gasteiger partial charge in [-0.15, -0.1) is 0 Å². The minimum atomic E-state index is -0.310. The minimum absolute atomic E-state index is 0.229. The normalized spacial score (nSPS) is 12.5. The van der Waals surface area contributed by atoms with Crippen LogP contribution in [0.5, 0.6) is 0 Å². The molecule has 0 unspecified atom stereocenters. The Morgan fingerprint density at radius 1 is 1.12 bits per heavy atom. The van der Waals surface area contributed by atoms with Gasteiger partial charge in [-0.05, 0) is 38.4 Å². The fourth-order valence-electron chi connectivity index (χ4n) is 2.71. The number of benzene rings is 2. The third kappa shape index (κ3) is 3.32. The van der Waals surface area contributed by atoms with Crippen molar-refractivity contribution in [1.29, 1.82) is 0 Å². The standard InChI is InChI=1S/C18H18ClFN4/c1-24(2)16(17-13(19)7-5-8-14(17)20)10-21-18-12-6-3-4-9-15(12)22-11-23-18/h3-9,11,16H,10H2,1-2H3,(H,21,22,23)/t16-/m1/s1. The van der Waals surface area contributed by atoms with Crippen LogP contribution < -0.4 is 5.32 Å². The van der Waals surface area contributed by atoms with Crippen LogP contribution in [0.2, 0.25) is 5.02 Å². The topological polar surface area (TPSA) is 41.0 Å². The predicted octanol–water partition coefficient (Wildman–Crippen LogP) is 4.14. The SMILES string of the molecule is CN(C)[C@H](CNc1ncnc2ccccc12)c1c(F)cccc1Cl. The molecule has 0 bridgehead atoms. The maximum atomic E-state index is 14.3. The van der Waals surface area contributed by atoms with E-state index in [0.717, 1.165) is 16.7 Å². The highest BCUT2D eigenvalue weighted by molar-refractivity contribution is 6.31. The summed E-state index contributed by atoms with van der Waals surface area (Å²) >= 11 is 6.23. The zero-order valence-electron chi connectivity index (χ0n) is 13.5. The number of halogens is 2. The van der Waals surface area contributed by atoms with Crippen LogP contribution in [0.15, 0.2) is 48.8 Å². The minimum Gasteiger partial charge on any atom is -0.368 e. The molecule has 0 amide bonds. The number of rotatable bonds is 5. The van der Waals surface area contributed by atoms with Gasteiger partial charge in [0.2, 0.25) is 0 Å². The highest BCUT2D eigenvalue weighted by atomic mass is 35.5. The van der Waals surface area contributed by atoms with Crippen molar-refractivity contribution in [2.75, 3.05) is 26.0 Å². The summed E-state index contributed by atoms with van der Waals surface area (Å²) < 4.78 is 14.3. The van der Waals surface area contributed by atoms with E-state index in [2.05, 4.69) is 15.3 Å². The van der Waals surface area contributed by atoms with Gasteiger partial charge in [-0.1, -0.05) is 29.8 Å². The highest BCUT2D eigenvalue weighted by Crippen LogP contribution is 2.29. The summed E-state index contributed by atoms with van der Waals surface area (Å²) in [6.45, 7) is 0.467. The van der Waals surface area contributed by atoms with Crippen LogP contribution in [0.25, 0.3) is 10.9 Å². The number of anilines is 1. The maximum Gasteiger partial charge on any atom is 0.137 e. The van der Waals surface area contributed by atoms with E-state index in [1.807, 2.05) is 43.3 Å². The second-order valence-electron chi connectivity index (χ2n) is 5.74. The van der Waals surface area contributed by atoms with Crippen LogP contribution in [-0.2, 0) is 0 Å². The van der Waals surface area contributed by atoms with Crippen molar-refractivity contribution in [3.05, 3.63) is 65.2 Å². The molecule has 0 radical (unpaired) electrons. The van der Waals surface area contributed by atoms with Crippen molar-refractivity contribution in [1.82, 2.24) is 14.9 Å². The Labute approximate surface area is 145 Å². The van der Waals surface area contributed by atoms with Crippen LogP contribution in [0.4, 0.5) is 10.2 Å². The van der Waals surface area contributed by atoms with Crippen LogP contribution in [0.1, 0.15) is 11.6 Å². The molecule has 24 heavy (non-hydrogen) atoms. The molecule has 0 aliphatic heterocycles. The lowest BCUT2D eigenvalue weighted by Crippen LogP contribution is -2.28. The van der Waals surface area contributed by atoms with Crippen molar-refractivity contribution in [2.45, 2.75) is 6.04 Å². The average Bonchev–Trinajstić information content (AvgIpc) is 2.57. The summed E-state index contributed by atoms with van der Waals surface area (Å²) in [5.41, 5.74) is 1.34. The summed E-state index contributed by atoms with van der Waals surface area (Å²) in [5, 5.41) is 4.65. The van der Waals surface area contributed by atoms with Crippen molar-refractivity contribution in [3.63, 3.8) is 0 Å². The first-order valence-corrected chi connectivity index (χ1v) is 7.99. The van der Waals surface area contributed by atoms with Crippen molar-refractivity contribution in [3.8, 4) is 0 Å². The number of para-hydroxylation sites is 1. The molecular formula is C18H18ClFN4. The number of nitrogens with one attached hydrogen (secondary N) is 1. The first-order chi connectivity index (χ1) is 11.6.